The molecule has 2 fully saturated rings. The molecule has 19 heavy (non-hydrogen) atoms. The van der Waals surface area contributed by atoms with E-state index in [1.54, 1.807) is 0 Å². The number of aliphatic carboxylic acids is 1. The molecule has 1 aromatic carbocycles. The molecule has 1 aromatic rings. The number of fused-ring (bicyclic) bond motifs is 1. The Hall–Kier alpha value is -1.39. The first-order valence-corrected chi connectivity index (χ1v) is 6.99. The number of nitrogens with zero attached hydrogens (tertiary/aromatic N) is 2. The normalized spacial score (nSPS) is 28.2. The van der Waals surface area contributed by atoms with Crippen LogP contribution in [-0.4, -0.2) is 52.6 Å². The van der Waals surface area contributed by atoms with Crippen molar-refractivity contribution in [1.29, 1.82) is 0 Å². The molecular weight excluding hydrogens is 240 g/mol. The minimum Gasteiger partial charge on any atom is -0.480 e. The molecule has 0 aromatic heterocycles. The third-order valence-electron chi connectivity index (χ3n) is 4.31. The number of carbonyl (C=O) groups is 1. The van der Waals surface area contributed by atoms with Crippen molar-refractivity contribution >= 4 is 5.97 Å². The van der Waals surface area contributed by atoms with E-state index in [9.17, 15) is 9.90 Å². The highest BCUT2D eigenvalue weighted by Crippen LogP contribution is 2.25. The third-order valence-corrected chi connectivity index (χ3v) is 4.31. The predicted molar refractivity (Wildman–Crippen MR) is 72.9 cm³/mol. The maximum Gasteiger partial charge on any atom is 0.322 e. The van der Waals surface area contributed by atoms with Crippen LogP contribution in [0.4, 0.5) is 0 Å². The number of hydrogen-bond donors (Lipinski definition) is 1. The van der Waals surface area contributed by atoms with Crippen LogP contribution >= 0.6 is 0 Å². The van der Waals surface area contributed by atoms with E-state index in [1.165, 1.54) is 18.4 Å². The second kappa shape index (κ2) is 5.31. The summed E-state index contributed by atoms with van der Waals surface area (Å²) in [6, 6.07) is 10.3. The van der Waals surface area contributed by atoms with Gasteiger partial charge in [0, 0.05) is 25.7 Å². The molecule has 2 heterocycles. The summed E-state index contributed by atoms with van der Waals surface area (Å²) in [6.45, 7) is 3.36. The summed E-state index contributed by atoms with van der Waals surface area (Å²) in [4.78, 5) is 16.0. The Bertz CT molecular complexity index is 449. The Kier molecular flexibility index (Phi) is 3.53. The molecule has 0 spiro atoms. The number of rotatable bonds is 3. The van der Waals surface area contributed by atoms with Gasteiger partial charge in [-0.15, -0.1) is 0 Å². The van der Waals surface area contributed by atoms with E-state index in [4.69, 9.17) is 0 Å². The van der Waals surface area contributed by atoms with Gasteiger partial charge < -0.3 is 5.11 Å². The zero-order valence-corrected chi connectivity index (χ0v) is 11.0. The maximum absolute atomic E-state index is 11.5. The van der Waals surface area contributed by atoms with Crippen LogP contribution in [0.2, 0.25) is 0 Å². The molecule has 2 unspecified atom stereocenters. The van der Waals surface area contributed by atoms with Crippen LogP contribution in [0.3, 0.4) is 0 Å². The van der Waals surface area contributed by atoms with E-state index >= 15 is 0 Å². The Morgan fingerprint density at radius 2 is 2.05 bits per heavy atom. The highest BCUT2D eigenvalue weighted by Gasteiger charge is 2.39. The van der Waals surface area contributed by atoms with Crippen molar-refractivity contribution in [2.45, 2.75) is 31.5 Å². The highest BCUT2D eigenvalue weighted by molar-refractivity contribution is 5.74. The molecule has 3 rings (SSSR count). The second-order valence-corrected chi connectivity index (χ2v) is 5.56. The molecule has 0 bridgehead atoms. The quantitative estimate of drug-likeness (QED) is 0.892. The van der Waals surface area contributed by atoms with Gasteiger partial charge >= 0.3 is 5.97 Å². The SMILES string of the molecule is O=C(O)C1CN2CCCC2CN1Cc1ccccc1. The Morgan fingerprint density at radius 3 is 2.79 bits per heavy atom. The summed E-state index contributed by atoms with van der Waals surface area (Å²) >= 11 is 0. The van der Waals surface area contributed by atoms with Gasteiger partial charge in [-0.05, 0) is 24.9 Å². The molecule has 2 saturated heterocycles. The van der Waals surface area contributed by atoms with Crippen LogP contribution in [0.1, 0.15) is 18.4 Å². The molecule has 4 heteroatoms. The summed E-state index contributed by atoms with van der Waals surface area (Å²) in [6.07, 6.45) is 2.41. The Balaban J connectivity index is 1.75. The fraction of sp³-hybridized carbons (Fsp3) is 0.533. The predicted octanol–water partition coefficient (Wildman–Crippen LogP) is 1.42. The Morgan fingerprint density at radius 1 is 1.26 bits per heavy atom. The minimum atomic E-state index is -0.693. The van der Waals surface area contributed by atoms with Crippen LogP contribution in [0, 0.1) is 0 Å². The zero-order chi connectivity index (χ0) is 13.2. The van der Waals surface area contributed by atoms with Gasteiger partial charge in [-0.1, -0.05) is 30.3 Å². The van der Waals surface area contributed by atoms with Gasteiger partial charge in [-0.2, -0.15) is 0 Å². The Labute approximate surface area is 113 Å². The van der Waals surface area contributed by atoms with E-state index in [0.717, 1.165) is 19.6 Å². The first kappa shape index (κ1) is 12.6. The van der Waals surface area contributed by atoms with Gasteiger partial charge in [0.15, 0.2) is 0 Å². The first-order chi connectivity index (χ1) is 9.24. The number of piperazine rings is 1. The van der Waals surface area contributed by atoms with E-state index < -0.39 is 5.97 Å². The average molecular weight is 260 g/mol. The summed E-state index contributed by atoms with van der Waals surface area (Å²) in [5.74, 6) is -0.693. The average Bonchev–Trinajstić information content (AvgIpc) is 2.86. The van der Waals surface area contributed by atoms with E-state index in [-0.39, 0.29) is 6.04 Å². The maximum atomic E-state index is 11.5. The van der Waals surface area contributed by atoms with Crippen molar-refractivity contribution in [2.75, 3.05) is 19.6 Å². The molecule has 0 saturated carbocycles. The lowest BCUT2D eigenvalue weighted by Crippen LogP contribution is -2.58. The van der Waals surface area contributed by atoms with Gasteiger partial charge in [0.1, 0.15) is 6.04 Å². The zero-order valence-electron chi connectivity index (χ0n) is 11.0. The summed E-state index contributed by atoms with van der Waals surface area (Å²) in [5.41, 5.74) is 1.19. The first-order valence-electron chi connectivity index (χ1n) is 6.99. The fourth-order valence-corrected chi connectivity index (χ4v) is 3.30. The molecule has 2 aliphatic heterocycles. The van der Waals surface area contributed by atoms with Crippen molar-refractivity contribution in [3.63, 3.8) is 0 Å². The lowest BCUT2D eigenvalue weighted by molar-refractivity contribution is -0.146. The highest BCUT2D eigenvalue weighted by atomic mass is 16.4. The standard InChI is InChI=1S/C15H20N2O2/c18-15(19)14-11-16-8-4-7-13(16)10-17(14)9-12-5-2-1-3-6-12/h1-3,5-6,13-14H,4,7-11H2,(H,18,19). The minimum absolute atomic E-state index is 0.366. The molecule has 0 amide bonds. The topological polar surface area (TPSA) is 43.8 Å². The van der Waals surface area contributed by atoms with Gasteiger partial charge in [0.2, 0.25) is 0 Å². The molecule has 102 valence electrons. The van der Waals surface area contributed by atoms with Crippen molar-refractivity contribution in [3.8, 4) is 0 Å². The van der Waals surface area contributed by atoms with E-state index in [2.05, 4.69) is 21.9 Å². The van der Waals surface area contributed by atoms with Gasteiger partial charge in [-0.25, -0.2) is 0 Å². The van der Waals surface area contributed by atoms with Crippen LogP contribution in [0.5, 0.6) is 0 Å². The lowest BCUT2D eigenvalue weighted by Gasteiger charge is -2.41. The van der Waals surface area contributed by atoms with Crippen LogP contribution in [-0.2, 0) is 11.3 Å². The number of carboxylic acid groups (broad SMARTS) is 1. The monoisotopic (exact) mass is 260 g/mol. The molecule has 2 aliphatic rings. The molecule has 2 atom stereocenters. The summed E-state index contributed by atoms with van der Waals surface area (Å²) < 4.78 is 0. The van der Waals surface area contributed by atoms with Crippen molar-refractivity contribution < 1.29 is 9.90 Å². The molecule has 0 radical (unpaired) electrons. The molecular formula is C15H20N2O2. The van der Waals surface area contributed by atoms with Gasteiger partial charge in [-0.3, -0.25) is 14.6 Å². The lowest BCUT2D eigenvalue weighted by atomic mass is 10.1. The largest absolute Gasteiger partial charge is 0.480 e. The van der Waals surface area contributed by atoms with Crippen molar-refractivity contribution in [2.24, 2.45) is 0 Å². The van der Waals surface area contributed by atoms with Crippen LogP contribution in [0.15, 0.2) is 30.3 Å². The van der Waals surface area contributed by atoms with Crippen LogP contribution < -0.4 is 0 Å². The van der Waals surface area contributed by atoms with Crippen molar-refractivity contribution in [1.82, 2.24) is 9.80 Å². The van der Waals surface area contributed by atoms with Gasteiger partial charge in [0.05, 0.1) is 0 Å². The van der Waals surface area contributed by atoms with Crippen LogP contribution in [0.25, 0.3) is 0 Å². The third kappa shape index (κ3) is 2.65. The summed E-state index contributed by atoms with van der Waals surface area (Å²) in [7, 11) is 0. The van der Waals surface area contributed by atoms with E-state index in [0.29, 0.717) is 12.6 Å². The number of benzene rings is 1. The molecule has 4 nitrogen and oxygen atoms in total. The number of hydrogen-bond acceptors (Lipinski definition) is 3. The van der Waals surface area contributed by atoms with Gasteiger partial charge in [0.25, 0.3) is 0 Å². The molecule has 1 N–H and O–H groups in total. The smallest absolute Gasteiger partial charge is 0.322 e. The van der Waals surface area contributed by atoms with E-state index in [1.807, 2.05) is 18.2 Å². The molecule has 0 aliphatic carbocycles. The number of carboxylic acids is 1. The second-order valence-electron chi connectivity index (χ2n) is 5.56. The van der Waals surface area contributed by atoms with Crippen molar-refractivity contribution in [3.05, 3.63) is 35.9 Å². The fourth-order valence-electron chi connectivity index (χ4n) is 3.30. The summed E-state index contributed by atoms with van der Waals surface area (Å²) in [5, 5.41) is 9.44.